The minimum atomic E-state index is 0.185. The van der Waals surface area contributed by atoms with Crippen molar-refractivity contribution in [3.8, 4) is 0 Å². The van der Waals surface area contributed by atoms with E-state index in [0.717, 1.165) is 19.3 Å². The van der Waals surface area contributed by atoms with Crippen molar-refractivity contribution in [3.05, 3.63) is 24.3 Å². The van der Waals surface area contributed by atoms with Crippen LogP contribution in [0.25, 0.3) is 0 Å². The Bertz CT molecular complexity index is 225. The largest absolute Gasteiger partial charge is 0.299 e. The lowest BCUT2D eigenvalue weighted by Gasteiger charge is -2.26. The number of ketones is 1. The molecule has 57 valence electrons. The van der Waals surface area contributed by atoms with E-state index in [9.17, 15) is 4.79 Å². The Morgan fingerprint density at radius 2 is 2.45 bits per heavy atom. The van der Waals surface area contributed by atoms with Crippen molar-refractivity contribution in [2.45, 2.75) is 19.3 Å². The van der Waals surface area contributed by atoms with Gasteiger partial charge in [-0.15, -0.1) is 0 Å². The highest BCUT2D eigenvalue weighted by Gasteiger charge is 2.28. The summed E-state index contributed by atoms with van der Waals surface area (Å²) in [6, 6.07) is 0. The van der Waals surface area contributed by atoms with Crippen molar-refractivity contribution in [3.63, 3.8) is 0 Å². The van der Waals surface area contributed by atoms with E-state index in [-0.39, 0.29) is 5.92 Å². The molecule has 2 atom stereocenters. The standard InChI is InChI=1S/C10H11O/c11-10-7-3-5-8-4-1-2-6-9(8)10/h2,4,6,8-9H,3,5,7H2. The molecular weight excluding hydrogens is 136 g/mol. The van der Waals surface area contributed by atoms with Gasteiger partial charge in [0.05, 0.1) is 0 Å². The molecule has 1 heteroatoms. The normalized spacial score (nSPS) is 35.5. The van der Waals surface area contributed by atoms with Crippen LogP contribution in [0.2, 0.25) is 0 Å². The van der Waals surface area contributed by atoms with E-state index in [0.29, 0.717) is 11.7 Å². The molecule has 0 N–H and O–H groups in total. The van der Waals surface area contributed by atoms with Gasteiger partial charge in [-0.3, -0.25) is 4.79 Å². The zero-order valence-corrected chi connectivity index (χ0v) is 6.42. The summed E-state index contributed by atoms with van der Waals surface area (Å²) in [5.41, 5.74) is 0. The second-order valence-electron chi connectivity index (χ2n) is 3.24. The van der Waals surface area contributed by atoms with E-state index in [1.807, 2.05) is 18.2 Å². The highest BCUT2D eigenvalue weighted by molar-refractivity contribution is 5.84. The number of Topliss-reactive ketones (excluding diaryl/α,β-unsaturated/α-hetero) is 1. The Kier molecular flexibility index (Phi) is 1.65. The Morgan fingerprint density at radius 3 is 3.27 bits per heavy atom. The first-order valence-corrected chi connectivity index (χ1v) is 4.17. The predicted octanol–water partition coefficient (Wildman–Crippen LogP) is 1.90. The molecule has 1 saturated carbocycles. The highest BCUT2D eigenvalue weighted by Crippen LogP contribution is 2.31. The molecule has 2 aliphatic rings. The fourth-order valence-electron chi connectivity index (χ4n) is 1.87. The molecule has 0 spiro atoms. The number of carbonyl (C=O) groups excluding carboxylic acids is 1. The minimum absolute atomic E-state index is 0.185. The first kappa shape index (κ1) is 6.84. The fraction of sp³-hybridized carbons (Fsp3) is 0.500. The molecule has 0 aromatic rings. The van der Waals surface area contributed by atoms with Crippen LogP contribution in [0.1, 0.15) is 19.3 Å². The van der Waals surface area contributed by atoms with Crippen LogP contribution in [-0.4, -0.2) is 5.78 Å². The Labute approximate surface area is 66.8 Å². The number of allylic oxidation sites excluding steroid dienone is 4. The van der Waals surface area contributed by atoms with Crippen LogP contribution < -0.4 is 0 Å². The molecule has 0 heterocycles. The summed E-state index contributed by atoms with van der Waals surface area (Å²) in [6.45, 7) is 0. The maximum atomic E-state index is 11.3. The summed E-state index contributed by atoms with van der Waals surface area (Å²) < 4.78 is 0. The van der Waals surface area contributed by atoms with Crippen molar-refractivity contribution in [2.24, 2.45) is 11.8 Å². The van der Waals surface area contributed by atoms with Gasteiger partial charge in [-0.1, -0.05) is 18.2 Å². The SMILES string of the molecule is O=C1CCCC2C=[C]C=CC12. The van der Waals surface area contributed by atoms with Crippen LogP contribution >= 0.6 is 0 Å². The molecule has 2 aliphatic carbocycles. The van der Waals surface area contributed by atoms with Crippen molar-refractivity contribution in [2.75, 3.05) is 0 Å². The van der Waals surface area contributed by atoms with Crippen molar-refractivity contribution < 1.29 is 4.79 Å². The second-order valence-corrected chi connectivity index (χ2v) is 3.24. The molecule has 1 radical (unpaired) electrons. The molecule has 2 unspecified atom stereocenters. The molecule has 0 amide bonds. The van der Waals surface area contributed by atoms with Gasteiger partial charge < -0.3 is 0 Å². The van der Waals surface area contributed by atoms with Crippen molar-refractivity contribution >= 4 is 5.78 Å². The van der Waals surface area contributed by atoms with Crippen LogP contribution in [-0.2, 0) is 4.79 Å². The Morgan fingerprint density at radius 1 is 1.55 bits per heavy atom. The van der Waals surface area contributed by atoms with Crippen molar-refractivity contribution in [1.82, 2.24) is 0 Å². The van der Waals surface area contributed by atoms with Gasteiger partial charge in [-0.2, -0.15) is 0 Å². The lowest BCUT2D eigenvalue weighted by atomic mass is 9.76. The number of hydrogen-bond acceptors (Lipinski definition) is 1. The summed E-state index contributed by atoms with van der Waals surface area (Å²) in [5, 5.41) is 0. The van der Waals surface area contributed by atoms with E-state index in [4.69, 9.17) is 0 Å². The molecule has 1 nitrogen and oxygen atoms in total. The molecule has 0 bridgehead atoms. The summed E-state index contributed by atoms with van der Waals surface area (Å²) in [7, 11) is 0. The molecule has 0 saturated heterocycles. The lowest BCUT2D eigenvalue weighted by Crippen LogP contribution is -2.26. The minimum Gasteiger partial charge on any atom is -0.299 e. The van der Waals surface area contributed by atoms with Crippen molar-refractivity contribution in [1.29, 1.82) is 0 Å². The van der Waals surface area contributed by atoms with Crippen LogP contribution in [0.15, 0.2) is 18.2 Å². The van der Waals surface area contributed by atoms with E-state index in [1.54, 1.807) is 0 Å². The monoisotopic (exact) mass is 147 g/mol. The maximum absolute atomic E-state index is 11.3. The van der Waals surface area contributed by atoms with Crippen LogP contribution in [0, 0.1) is 17.9 Å². The van der Waals surface area contributed by atoms with Gasteiger partial charge in [0.1, 0.15) is 5.78 Å². The quantitative estimate of drug-likeness (QED) is 0.511. The Hall–Kier alpha value is -0.850. The second kappa shape index (κ2) is 2.65. The topological polar surface area (TPSA) is 17.1 Å². The van der Waals surface area contributed by atoms with Gasteiger partial charge in [0.25, 0.3) is 0 Å². The van der Waals surface area contributed by atoms with Gasteiger partial charge in [0, 0.05) is 12.3 Å². The molecule has 0 aromatic carbocycles. The smallest absolute Gasteiger partial charge is 0.140 e. The summed E-state index contributed by atoms with van der Waals surface area (Å²) in [4.78, 5) is 11.3. The molecule has 2 rings (SSSR count). The molecule has 0 aliphatic heterocycles. The third-order valence-corrected chi connectivity index (χ3v) is 2.50. The predicted molar refractivity (Wildman–Crippen MR) is 42.8 cm³/mol. The maximum Gasteiger partial charge on any atom is 0.140 e. The third kappa shape index (κ3) is 1.15. The molecule has 11 heavy (non-hydrogen) atoms. The average molecular weight is 147 g/mol. The first-order chi connectivity index (χ1) is 5.38. The van der Waals surface area contributed by atoms with E-state index < -0.39 is 0 Å². The molecule has 1 fully saturated rings. The zero-order valence-electron chi connectivity index (χ0n) is 6.42. The van der Waals surface area contributed by atoms with Crippen LogP contribution in [0.5, 0.6) is 0 Å². The third-order valence-electron chi connectivity index (χ3n) is 2.50. The number of rotatable bonds is 0. The number of hydrogen-bond donors (Lipinski definition) is 0. The highest BCUT2D eigenvalue weighted by atomic mass is 16.1. The van der Waals surface area contributed by atoms with Crippen LogP contribution in [0.4, 0.5) is 0 Å². The van der Waals surface area contributed by atoms with E-state index in [2.05, 4.69) is 6.08 Å². The summed E-state index contributed by atoms with van der Waals surface area (Å²) in [5.74, 6) is 1.06. The number of fused-ring (bicyclic) bond motifs is 1. The van der Waals surface area contributed by atoms with E-state index in [1.165, 1.54) is 0 Å². The van der Waals surface area contributed by atoms with Gasteiger partial charge in [-0.25, -0.2) is 0 Å². The van der Waals surface area contributed by atoms with Gasteiger partial charge in [0.15, 0.2) is 0 Å². The molecule has 0 aromatic heterocycles. The first-order valence-electron chi connectivity index (χ1n) is 4.17. The zero-order chi connectivity index (χ0) is 7.68. The molecular formula is C10H11O. The average Bonchev–Trinajstić information content (AvgIpc) is 2.06. The Balaban J connectivity index is 2.20. The lowest BCUT2D eigenvalue weighted by molar-refractivity contribution is -0.124. The van der Waals surface area contributed by atoms with Gasteiger partial charge >= 0.3 is 0 Å². The van der Waals surface area contributed by atoms with Gasteiger partial charge in [-0.05, 0) is 24.8 Å². The van der Waals surface area contributed by atoms with Gasteiger partial charge in [0.2, 0.25) is 0 Å². The summed E-state index contributed by atoms with van der Waals surface area (Å²) in [6.07, 6.45) is 11.9. The number of carbonyl (C=O) groups is 1. The van der Waals surface area contributed by atoms with E-state index >= 15 is 0 Å². The summed E-state index contributed by atoms with van der Waals surface area (Å²) >= 11 is 0. The van der Waals surface area contributed by atoms with Crippen LogP contribution in [0.3, 0.4) is 0 Å². The fourth-order valence-corrected chi connectivity index (χ4v) is 1.87.